The maximum absolute atomic E-state index is 13.3. The Hall–Kier alpha value is -3.58. The van der Waals surface area contributed by atoms with Crippen LogP contribution in [0.2, 0.25) is 0 Å². The van der Waals surface area contributed by atoms with Crippen LogP contribution in [0.4, 0.5) is 4.39 Å². The van der Waals surface area contributed by atoms with Crippen LogP contribution in [0.5, 0.6) is 0 Å². The van der Waals surface area contributed by atoms with Crippen LogP contribution in [0.3, 0.4) is 0 Å². The average Bonchev–Trinajstić information content (AvgIpc) is 2.84. The van der Waals surface area contributed by atoms with Gasteiger partial charge in [0, 0.05) is 38.7 Å². The predicted octanol–water partition coefficient (Wildman–Crippen LogP) is 3.71. The smallest absolute Gasteiger partial charge is 0.253 e. The molecule has 0 bridgehead atoms. The first-order valence-corrected chi connectivity index (χ1v) is 11.2. The number of hydrogen-bond acceptors (Lipinski definition) is 4. The molecule has 34 heavy (non-hydrogen) atoms. The number of likely N-dealkylation sites (N-methyl/N-ethyl adjacent to an activating group) is 1. The lowest BCUT2D eigenvalue weighted by Crippen LogP contribution is -2.22. The quantitative estimate of drug-likeness (QED) is 0.284. The van der Waals surface area contributed by atoms with Crippen LogP contribution in [-0.2, 0) is 14.4 Å². The highest BCUT2D eigenvalue weighted by Gasteiger charge is 2.14. The molecule has 0 aliphatic carbocycles. The van der Waals surface area contributed by atoms with E-state index in [1.807, 2.05) is 24.3 Å². The summed E-state index contributed by atoms with van der Waals surface area (Å²) in [6.45, 7) is 0.106. The van der Waals surface area contributed by atoms with Crippen LogP contribution in [0.15, 0.2) is 54.6 Å². The molecule has 7 heteroatoms. The molecule has 0 aromatic heterocycles. The molecule has 6 nitrogen and oxygen atoms in total. The summed E-state index contributed by atoms with van der Waals surface area (Å²) in [7, 11) is 3.33. The molecular weight excluding hydrogens is 435 g/mol. The minimum atomic E-state index is -0.414. The molecule has 0 saturated carbocycles. The van der Waals surface area contributed by atoms with Crippen molar-refractivity contribution >= 4 is 35.3 Å². The zero-order valence-corrected chi connectivity index (χ0v) is 19.6. The van der Waals surface area contributed by atoms with Gasteiger partial charge in [-0.2, -0.15) is 0 Å². The number of aliphatic hydroxyl groups excluding tert-OH is 1. The highest BCUT2D eigenvalue weighted by molar-refractivity contribution is 6.24. The summed E-state index contributed by atoms with van der Waals surface area (Å²) in [5, 5.41) is 11.5. The number of nitrogens with one attached hydrogen (secondary N) is 1. The van der Waals surface area contributed by atoms with Crippen LogP contribution < -0.4 is 5.32 Å². The zero-order valence-electron chi connectivity index (χ0n) is 19.6. The lowest BCUT2D eigenvalue weighted by atomic mass is 10.0. The summed E-state index contributed by atoms with van der Waals surface area (Å²) in [5.41, 5.74) is 2.71. The molecule has 2 aromatic rings. The Bertz CT molecular complexity index is 1030. The molecule has 0 spiro atoms. The van der Waals surface area contributed by atoms with Gasteiger partial charge in [0.15, 0.2) is 5.78 Å². The third-order valence-corrected chi connectivity index (χ3v) is 5.07. The molecule has 2 aromatic carbocycles. The van der Waals surface area contributed by atoms with Gasteiger partial charge in [-0.3, -0.25) is 14.4 Å². The molecule has 0 aliphatic rings. The van der Waals surface area contributed by atoms with Gasteiger partial charge in [0.1, 0.15) is 12.4 Å². The van der Waals surface area contributed by atoms with E-state index in [2.05, 4.69) is 5.32 Å². The highest BCUT2D eigenvalue weighted by Crippen LogP contribution is 2.21. The van der Waals surface area contributed by atoms with Crippen molar-refractivity contribution in [1.82, 2.24) is 10.2 Å². The molecule has 180 valence electrons. The van der Waals surface area contributed by atoms with Crippen molar-refractivity contribution in [1.29, 1.82) is 0 Å². The van der Waals surface area contributed by atoms with Crippen LogP contribution in [0.25, 0.3) is 17.7 Å². The monoisotopic (exact) mass is 466 g/mol. The topological polar surface area (TPSA) is 86.7 Å². The normalized spacial score (nSPS) is 11.5. The van der Waals surface area contributed by atoms with Gasteiger partial charge in [-0.05, 0) is 53.8 Å². The maximum Gasteiger partial charge on any atom is 0.253 e. The lowest BCUT2D eigenvalue weighted by molar-refractivity contribution is -0.123. The van der Waals surface area contributed by atoms with E-state index in [1.165, 1.54) is 23.1 Å². The number of carbonyl (C=O) groups is 3. The summed E-state index contributed by atoms with van der Waals surface area (Å²) in [4.78, 5) is 37.1. The number of rotatable bonds is 12. The molecule has 0 unspecified atom stereocenters. The molecule has 2 N–H and O–H groups in total. The second-order valence-corrected chi connectivity index (χ2v) is 8.06. The van der Waals surface area contributed by atoms with Gasteiger partial charge in [0.25, 0.3) is 5.91 Å². The van der Waals surface area contributed by atoms with Gasteiger partial charge in [-0.1, -0.05) is 42.8 Å². The fraction of sp³-hybridized carbons (Fsp3) is 0.296. The second kappa shape index (κ2) is 13.9. The van der Waals surface area contributed by atoms with Gasteiger partial charge in [-0.25, -0.2) is 4.39 Å². The molecule has 2 rings (SSSR count). The Morgan fingerprint density at radius 3 is 2.21 bits per heavy atom. The fourth-order valence-electron chi connectivity index (χ4n) is 3.15. The van der Waals surface area contributed by atoms with Gasteiger partial charge in [-0.15, -0.1) is 0 Å². The Balaban J connectivity index is 1.95. The molecule has 0 heterocycles. The number of ketones is 1. The van der Waals surface area contributed by atoms with Crippen molar-refractivity contribution in [2.45, 2.75) is 25.7 Å². The molecule has 0 atom stereocenters. The van der Waals surface area contributed by atoms with Gasteiger partial charge >= 0.3 is 0 Å². The fourth-order valence-corrected chi connectivity index (χ4v) is 3.15. The number of halogens is 1. The van der Waals surface area contributed by atoms with E-state index in [1.54, 1.807) is 38.4 Å². The van der Waals surface area contributed by atoms with E-state index >= 15 is 0 Å². The highest BCUT2D eigenvalue weighted by atomic mass is 19.1. The molecule has 0 saturated heterocycles. The van der Waals surface area contributed by atoms with E-state index in [9.17, 15) is 18.8 Å². The Morgan fingerprint density at radius 2 is 1.59 bits per heavy atom. The number of benzene rings is 2. The van der Waals surface area contributed by atoms with Crippen molar-refractivity contribution in [3.8, 4) is 0 Å². The molecule has 0 radical (unpaired) electrons. The van der Waals surface area contributed by atoms with E-state index < -0.39 is 6.61 Å². The van der Waals surface area contributed by atoms with Crippen molar-refractivity contribution < 1.29 is 23.9 Å². The first-order valence-electron chi connectivity index (χ1n) is 11.2. The zero-order chi connectivity index (χ0) is 24.9. The second-order valence-electron chi connectivity index (χ2n) is 8.06. The van der Waals surface area contributed by atoms with E-state index in [0.29, 0.717) is 30.5 Å². The van der Waals surface area contributed by atoms with E-state index in [0.717, 1.165) is 24.0 Å². The van der Waals surface area contributed by atoms with Crippen molar-refractivity contribution in [3.63, 3.8) is 0 Å². The average molecular weight is 467 g/mol. The first-order chi connectivity index (χ1) is 16.3. The van der Waals surface area contributed by atoms with Gasteiger partial charge in [0.2, 0.25) is 5.91 Å². The largest absolute Gasteiger partial charge is 0.389 e. The number of nitrogens with zero attached hydrogens (tertiary/aromatic N) is 1. The molecule has 2 amide bonds. The molecule has 0 aliphatic heterocycles. The van der Waals surface area contributed by atoms with Crippen LogP contribution in [0, 0.1) is 5.82 Å². The summed E-state index contributed by atoms with van der Waals surface area (Å²) in [6.07, 6.45) is 7.56. The molecule has 0 fully saturated rings. The third kappa shape index (κ3) is 9.11. The predicted molar refractivity (Wildman–Crippen MR) is 132 cm³/mol. The van der Waals surface area contributed by atoms with Crippen LogP contribution in [-0.4, -0.2) is 54.9 Å². The Labute approximate surface area is 199 Å². The van der Waals surface area contributed by atoms with Crippen molar-refractivity contribution in [3.05, 3.63) is 77.1 Å². The summed E-state index contributed by atoms with van der Waals surface area (Å²) in [5.74, 6) is -0.919. The number of amides is 2. The minimum Gasteiger partial charge on any atom is -0.389 e. The Morgan fingerprint density at radius 1 is 0.941 bits per heavy atom. The van der Waals surface area contributed by atoms with Gasteiger partial charge in [0.05, 0.1) is 0 Å². The standard InChI is InChI=1S/C27H31FN2O4/c1-30(2)27(34)25(22-12-14-23(28)15-13-22)18-21-9-7-20(8-10-21)11-16-26(33)29-17-5-3-4-6-24(32)19-31/h7-16,18,31H,3-6,17,19H2,1-2H3,(H,29,33)/b16-11+,25-18+. The SMILES string of the molecule is CN(C)C(=O)/C(=C/c1ccc(/C=C/C(=O)NCCCCCC(=O)CO)cc1)c1ccc(F)cc1. The van der Waals surface area contributed by atoms with Crippen molar-refractivity contribution in [2.24, 2.45) is 0 Å². The van der Waals surface area contributed by atoms with Crippen LogP contribution in [0.1, 0.15) is 42.4 Å². The summed E-state index contributed by atoms with van der Waals surface area (Å²) >= 11 is 0. The lowest BCUT2D eigenvalue weighted by Gasteiger charge is -2.14. The van der Waals surface area contributed by atoms with Gasteiger partial charge < -0.3 is 15.3 Å². The maximum atomic E-state index is 13.3. The summed E-state index contributed by atoms with van der Waals surface area (Å²) in [6, 6.07) is 13.2. The minimum absolute atomic E-state index is 0.163. The number of unbranched alkanes of at least 4 members (excludes halogenated alkanes) is 2. The van der Waals surface area contributed by atoms with Crippen LogP contribution >= 0.6 is 0 Å². The number of aliphatic hydroxyl groups is 1. The first kappa shape index (κ1) is 26.7. The van der Waals surface area contributed by atoms with Crippen molar-refractivity contribution in [2.75, 3.05) is 27.2 Å². The van der Waals surface area contributed by atoms with E-state index in [-0.39, 0.29) is 23.4 Å². The number of hydrogen-bond donors (Lipinski definition) is 2. The number of carbonyl (C=O) groups excluding carboxylic acids is 3. The molecular formula is C27H31FN2O4. The third-order valence-electron chi connectivity index (χ3n) is 5.07. The Kier molecular flexibility index (Phi) is 10.9. The summed E-state index contributed by atoms with van der Waals surface area (Å²) < 4.78 is 13.3. The number of Topliss-reactive ketones (excluding diaryl/α,β-unsaturated/α-hetero) is 1. The van der Waals surface area contributed by atoms with E-state index in [4.69, 9.17) is 5.11 Å².